The predicted octanol–water partition coefficient (Wildman–Crippen LogP) is 13.4. The largest absolute Gasteiger partial charge is 0.310 e. The zero-order valence-electron chi connectivity index (χ0n) is 33.7. The number of aromatic nitrogens is 1. The Morgan fingerprint density at radius 3 is 1.80 bits per heavy atom. The van der Waals surface area contributed by atoms with Gasteiger partial charge >= 0.3 is 0 Å². The molecule has 0 bridgehead atoms. The van der Waals surface area contributed by atoms with Crippen LogP contribution < -0.4 is 15.3 Å². The molecule has 0 saturated carbocycles. The molecule has 0 fully saturated rings. The molecule has 0 saturated heterocycles. The maximum Gasteiger partial charge on any atom is 0.115 e. The molecule has 3 heteroatoms. The molecular weight excluding hydrogens is 741 g/mol. The van der Waals surface area contributed by atoms with E-state index in [2.05, 4.69) is 241 Å². The lowest BCUT2D eigenvalue weighted by atomic mass is 9.62. The number of rotatable bonds is 5. The summed E-state index contributed by atoms with van der Waals surface area (Å²) in [5.41, 5.74) is 17.0. The standard InChI is InChI=1S/C57H42N2Si/c1-60(2)54-34-16-12-27-47(54)57(46-26-11-15-32-52(46)59-51-31-14-10-24-44(51)45-25-17-28-48(57)55(45)59)49-29-18-33-53(56(49)60)58(42-37-35-40(36-38-42)39-19-5-3-6-20-39)50-30-13-9-23-43(50)41-21-7-4-8-22-41/h3-38H,1-2H3. The van der Waals surface area contributed by atoms with Gasteiger partial charge in [0.1, 0.15) is 8.07 Å². The lowest BCUT2D eigenvalue weighted by Crippen LogP contribution is -2.64. The molecule has 0 radical (unpaired) electrons. The fraction of sp³-hybridized carbons (Fsp3) is 0.0526. The first-order valence-electron chi connectivity index (χ1n) is 21.0. The number of nitrogens with zero attached hydrogens (tertiary/aromatic N) is 2. The Bertz CT molecular complexity index is 3290. The second kappa shape index (κ2) is 13.2. The summed E-state index contributed by atoms with van der Waals surface area (Å²) in [7, 11) is -2.45. The third-order valence-electron chi connectivity index (χ3n) is 13.4. The van der Waals surface area contributed by atoms with E-state index in [1.165, 1.54) is 88.1 Å². The molecule has 3 heterocycles. The van der Waals surface area contributed by atoms with Gasteiger partial charge in [-0.05, 0) is 85.7 Å². The third kappa shape index (κ3) is 4.75. The summed E-state index contributed by atoms with van der Waals surface area (Å²) in [5, 5.41) is 5.54. The maximum atomic E-state index is 2.58. The van der Waals surface area contributed by atoms with E-state index >= 15 is 0 Å². The Balaban J connectivity index is 1.21. The highest BCUT2D eigenvalue weighted by Crippen LogP contribution is 2.56. The van der Waals surface area contributed by atoms with Crippen LogP contribution in [-0.2, 0) is 5.41 Å². The van der Waals surface area contributed by atoms with E-state index in [0.29, 0.717) is 0 Å². The molecule has 12 rings (SSSR count). The number of para-hydroxylation sites is 4. The van der Waals surface area contributed by atoms with E-state index in [1.54, 1.807) is 0 Å². The predicted molar refractivity (Wildman–Crippen MR) is 255 cm³/mol. The summed E-state index contributed by atoms with van der Waals surface area (Å²) >= 11 is 0. The van der Waals surface area contributed by atoms with Crippen molar-refractivity contribution >= 4 is 57.3 Å². The summed E-state index contributed by atoms with van der Waals surface area (Å²) in [5.74, 6) is 0. The molecule has 2 aliphatic heterocycles. The van der Waals surface area contributed by atoms with Gasteiger partial charge in [-0.25, -0.2) is 0 Å². The normalized spacial score (nSPS) is 15.7. The van der Waals surface area contributed by atoms with E-state index in [1.807, 2.05) is 0 Å². The van der Waals surface area contributed by atoms with Gasteiger partial charge in [-0.3, -0.25) is 0 Å². The van der Waals surface area contributed by atoms with Crippen molar-refractivity contribution in [2.75, 3.05) is 4.90 Å². The molecule has 1 aromatic heterocycles. The van der Waals surface area contributed by atoms with Gasteiger partial charge in [-0.1, -0.05) is 195 Å². The zero-order chi connectivity index (χ0) is 40.0. The maximum absolute atomic E-state index is 2.58. The van der Waals surface area contributed by atoms with Crippen LogP contribution in [-0.4, -0.2) is 12.6 Å². The average molecular weight is 783 g/mol. The van der Waals surface area contributed by atoms with Gasteiger partial charge in [0.25, 0.3) is 0 Å². The molecule has 0 N–H and O–H groups in total. The topological polar surface area (TPSA) is 8.17 Å². The molecular formula is C57H42N2Si. The number of benzene rings is 9. The Kier molecular flexibility index (Phi) is 7.63. The number of hydrogen-bond acceptors (Lipinski definition) is 1. The molecule has 2 nitrogen and oxygen atoms in total. The van der Waals surface area contributed by atoms with Crippen LogP contribution in [0, 0.1) is 0 Å². The van der Waals surface area contributed by atoms with Crippen LogP contribution in [0.25, 0.3) is 49.7 Å². The van der Waals surface area contributed by atoms with Gasteiger partial charge < -0.3 is 9.47 Å². The van der Waals surface area contributed by atoms with Crippen molar-refractivity contribution in [2.24, 2.45) is 0 Å². The van der Waals surface area contributed by atoms with Crippen LogP contribution in [0.3, 0.4) is 0 Å². The summed E-state index contributed by atoms with van der Waals surface area (Å²) in [6.07, 6.45) is 0. The van der Waals surface area contributed by atoms with Crippen LogP contribution in [0.4, 0.5) is 17.1 Å². The van der Waals surface area contributed by atoms with E-state index in [-0.39, 0.29) is 0 Å². The average Bonchev–Trinajstić information content (AvgIpc) is 3.65. The van der Waals surface area contributed by atoms with Crippen molar-refractivity contribution in [2.45, 2.75) is 18.5 Å². The molecule has 0 aliphatic carbocycles. The Hall–Kier alpha value is -7.20. The first-order valence-corrected chi connectivity index (χ1v) is 24.0. The first kappa shape index (κ1) is 34.8. The monoisotopic (exact) mass is 782 g/mol. The summed E-state index contributed by atoms with van der Waals surface area (Å²) < 4.78 is 2.54. The van der Waals surface area contributed by atoms with Crippen molar-refractivity contribution in [1.29, 1.82) is 0 Å². The minimum atomic E-state index is -2.45. The van der Waals surface area contributed by atoms with Crippen molar-refractivity contribution in [3.05, 3.63) is 241 Å². The van der Waals surface area contributed by atoms with Gasteiger partial charge in [-0.15, -0.1) is 0 Å². The van der Waals surface area contributed by atoms with Gasteiger partial charge in [0.15, 0.2) is 0 Å². The Labute approximate surface area is 352 Å². The minimum absolute atomic E-state index is 0.563. The van der Waals surface area contributed by atoms with Crippen LogP contribution in [0.1, 0.15) is 22.3 Å². The Morgan fingerprint density at radius 2 is 0.983 bits per heavy atom. The van der Waals surface area contributed by atoms with E-state index in [9.17, 15) is 0 Å². The van der Waals surface area contributed by atoms with Crippen molar-refractivity contribution in [1.82, 2.24) is 4.57 Å². The Morgan fingerprint density at radius 1 is 0.417 bits per heavy atom. The number of fused-ring (bicyclic) bond motifs is 11. The highest BCUT2D eigenvalue weighted by atomic mass is 28.3. The van der Waals surface area contributed by atoms with E-state index < -0.39 is 13.5 Å². The SMILES string of the molecule is C[Si]1(C)c2ccccc2C2(c3ccccc3-n3c4ccccc4c4cccc2c43)c2cccc(N(c3ccc(-c4ccccc4)cc3)c3ccccc3-c3ccccc3)c21. The van der Waals surface area contributed by atoms with E-state index in [0.717, 1.165) is 11.4 Å². The smallest absolute Gasteiger partial charge is 0.115 e. The van der Waals surface area contributed by atoms with Crippen LogP contribution in [0.2, 0.25) is 13.1 Å². The molecule has 9 aromatic carbocycles. The highest BCUT2D eigenvalue weighted by molar-refractivity contribution is 7.02. The molecule has 10 aromatic rings. The molecule has 2 aliphatic rings. The number of hydrogen-bond donors (Lipinski definition) is 0. The molecule has 0 amide bonds. The van der Waals surface area contributed by atoms with Crippen LogP contribution >= 0.6 is 0 Å². The zero-order valence-corrected chi connectivity index (χ0v) is 34.7. The number of anilines is 3. The van der Waals surface area contributed by atoms with Gasteiger partial charge in [0, 0.05) is 27.7 Å². The lowest BCUT2D eigenvalue weighted by Gasteiger charge is -2.50. The van der Waals surface area contributed by atoms with Crippen molar-refractivity contribution in [3.63, 3.8) is 0 Å². The summed E-state index contributed by atoms with van der Waals surface area (Å²) in [6, 6.07) is 81.6. The molecule has 1 atom stereocenters. The van der Waals surface area contributed by atoms with Crippen LogP contribution in [0.5, 0.6) is 0 Å². The van der Waals surface area contributed by atoms with E-state index in [4.69, 9.17) is 0 Å². The fourth-order valence-corrected chi connectivity index (χ4v) is 14.5. The van der Waals surface area contributed by atoms with Crippen LogP contribution in [0.15, 0.2) is 218 Å². The molecule has 60 heavy (non-hydrogen) atoms. The lowest BCUT2D eigenvalue weighted by molar-refractivity contribution is 0.732. The molecule has 284 valence electrons. The minimum Gasteiger partial charge on any atom is -0.310 e. The van der Waals surface area contributed by atoms with Gasteiger partial charge in [0.05, 0.1) is 27.8 Å². The second-order valence-corrected chi connectivity index (χ2v) is 21.1. The second-order valence-electron chi connectivity index (χ2n) is 16.8. The summed E-state index contributed by atoms with van der Waals surface area (Å²) in [6.45, 7) is 5.15. The van der Waals surface area contributed by atoms with Gasteiger partial charge in [-0.2, -0.15) is 0 Å². The van der Waals surface area contributed by atoms with Crippen molar-refractivity contribution < 1.29 is 0 Å². The highest BCUT2D eigenvalue weighted by Gasteiger charge is 2.54. The van der Waals surface area contributed by atoms with Crippen molar-refractivity contribution in [3.8, 4) is 27.9 Å². The fourth-order valence-electron chi connectivity index (χ4n) is 11.0. The summed E-state index contributed by atoms with van der Waals surface area (Å²) in [4.78, 5) is 2.57. The first-order chi connectivity index (χ1) is 29.6. The molecule has 1 unspecified atom stereocenters. The van der Waals surface area contributed by atoms with Gasteiger partial charge in [0.2, 0.25) is 0 Å². The molecule has 1 spiro atoms. The quantitative estimate of drug-likeness (QED) is 0.158. The third-order valence-corrected chi connectivity index (χ3v) is 17.0.